The number of aryl methyl sites for hydroxylation is 2. The maximum atomic E-state index is 14.0. The second-order valence-corrected chi connectivity index (χ2v) is 10.7. The van der Waals surface area contributed by atoms with E-state index in [1.807, 2.05) is 6.92 Å². The Kier molecular flexibility index (Phi) is 7.72. The summed E-state index contributed by atoms with van der Waals surface area (Å²) in [6, 6.07) is 7.21. The second kappa shape index (κ2) is 10.2. The van der Waals surface area contributed by atoms with Gasteiger partial charge in [0.1, 0.15) is 23.2 Å². The van der Waals surface area contributed by atoms with Crippen molar-refractivity contribution in [2.45, 2.75) is 38.6 Å². The highest BCUT2D eigenvalue weighted by Gasteiger charge is 2.35. The van der Waals surface area contributed by atoms with Crippen LogP contribution < -0.4 is 5.32 Å². The Morgan fingerprint density at radius 2 is 1.56 bits per heavy atom. The van der Waals surface area contributed by atoms with Gasteiger partial charge in [0.25, 0.3) is 5.91 Å². The molecular formula is C24H29F2N3O4S. The normalized spacial score (nSPS) is 15.9. The van der Waals surface area contributed by atoms with Crippen molar-refractivity contribution in [1.82, 2.24) is 14.5 Å². The van der Waals surface area contributed by atoms with Gasteiger partial charge in [-0.15, -0.1) is 0 Å². The SMILES string of the molecule is Cc1ccc(S(=O)(=O)N2CCN(C(=O)[C@@H](NC(=O)c3c(F)cccc3F)C(C)C)CC2)c(C)c1. The van der Waals surface area contributed by atoms with Gasteiger partial charge in [0.05, 0.1) is 4.90 Å². The van der Waals surface area contributed by atoms with Gasteiger partial charge in [0, 0.05) is 26.2 Å². The van der Waals surface area contributed by atoms with Crippen LogP contribution in [0.5, 0.6) is 0 Å². The predicted molar refractivity (Wildman–Crippen MR) is 124 cm³/mol. The van der Waals surface area contributed by atoms with Crippen molar-refractivity contribution in [3.8, 4) is 0 Å². The number of hydrogen-bond acceptors (Lipinski definition) is 4. The van der Waals surface area contributed by atoms with Gasteiger partial charge in [-0.05, 0) is 43.5 Å². The molecule has 2 aromatic rings. The number of piperazine rings is 1. The number of nitrogens with one attached hydrogen (secondary N) is 1. The van der Waals surface area contributed by atoms with Crippen LogP contribution >= 0.6 is 0 Å². The van der Waals surface area contributed by atoms with Crippen LogP contribution in [0.2, 0.25) is 0 Å². The Balaban J connectivity index is 1.71. The second-order valence-electron chi connectivity index (χ2n) is 8.79. The predicted octanol–water partition coefficient (Wildman–Crippen LogP) is 2.87. The summed E-state index contributed by atoms with van der Waals surface area (Å²) in [4.78, 5) is 27.4. The van der Waals surface area contributed by atoms with Crippen molar-refractivity contribution in [1.29, 1.82) is 0 Å². The Labute approximate surface area is 198 Å². The largest absolute Gasteiger partial charge is 0.340 e. The summed E-state index contributed by atoms with van der Waals surface area (Å²) in [5, 5.41) is 2.45. The Bertz CT molecular complexity index is 1170. The molecule has 1 aliphatic heterocycles. The van der Waals surface area contributed by atoms with E-state index in [4.69, 9.17) is 0 Å². The molecule has 1 aliphatic rings. The van der Waals surface area contributed by atoms with Crippen LogP contribution in [0.3, 0.4) is 0 Å². The first kappa shape index (κ1) is 25.8. The zero-order chi connectivity index (χ0) is 25.2. The summed E-state index contributed by atoms with van der Waals surface area (Å²) >= 11 is 0. The molecule has 0 aromatic heterocycles. The van der Waals surface area contributed by atoms with Gasteiger partial charge in [-0.1, -0.05) is 37.6 Å². The van der Waals surface area contributed by atoms with Crippen molar-refractivity contribution in [2.24, 2.45) is 5.92 Å². The van der Waals surface area contributed by atoms with E-state index in [9.17, 15) is 26.8 Å². The molecule has 0 spiro atoms. The van der Waals surface area contributed by atoms with Crippen molar-refractivity contribution >= 4 is 21.8 Å². The smallest absolute Gasteiger partial charge is 0.257 e. The molecule has 34 heavy (non-hydrogen) atoms. The highest BCUT2D eigenvalue weighted by Crippen LogP contribution is 2.23. The summed E-state index contributed by atoms with van der Waals surface area (Å²) in [6.07, 6.45) is 0. The quantitative estimate of drug-likeness (QED) is 0.671. The van der Waals surface area contributed by atoms with E-state index in [-0.39, 0.29) is 37.0 Å². The fraction of sp³-hybridized carbons (Fsp3) is 0.417. The molecule has 1 heterocycles. The van der Waals surface area contributed by atoms with Crippen LogP contribution in [-0.2, 0) is 14.8 Å². The lowest BCUT2D eigenvalue weighted by molar-refractivity contribution is -0.135. The number of sulfonamides is 1. The lowest BCUT2D eigenvalue weighted by atomic mass is 10.0. The molecule has 3 rings (SSSR count). The average Bonchev–Trinajstić information content (AvgIpc) is 2.76. The molecule has 184 valence electrons. The topological polar surface area (TPSA) is 86.8 Å². The molecule has 0 bridgehead atoms. The van der Waals surface area contributed by atoms with E-state index < -0.39 is 45.1 Å². The summed E-state index contributed by atoms with van der Waals surface area (Å²) in [7, 11) is -3.72. The summed E-state index contributed by atoms with van der Waals surface area (Å²) in [6.45, 7) is 7.52. The molecule has 0 aliphatic carbocycles. The highest BCUT2D eigenvalue weighted by atomic mass is 32.2. The Hall–Kier alpha value is -2.85. The first-order valence-electron chi connectivity index (χ1n) is 11.0. The number of carbonyl (C=O) groups excluding carboxylic acids is 2. The molecule has 10 heteroatoms. The number of amides is 2. The van der Waals surface area contributed by atoms with Crippen LogP contribution in [-0.4, -0.2) is 61.7 Å². The maximum Gasteiger partial charge on any atom is 0.257 e. The van der Waals surface area contributed by atoms with Gasteiger partial charge in [-0.3, -0.25) is 9.59 Å². The minimum Gasteiger partial charge on any atom is -0.340 e. The zero-order valence-corrected chi connectivity index (χ0v) is 20.5. The van der Waals surface area contributed by atoms with Gasteiger partial charge < -0.3 is 10.2 Å². The molecule has 0 radical (unpaired) electrons. The summed E-state index contributed by atoms with van der Waals surface area (Å²) in [5.41, 5.74) is 0.871. The molecule has 2 amide bonds. The number of halogens is 2. The number of nitrogens with zero attached hydrogens (tertiary/aromatic N) is 2. The van der Waals surface area contributed by atoms with Crippen LogP contribution in [0.15, 0.2) is 41.3 Å². The van der Waals surface area contributed by atoms with Crippen LogP contribution in [0.4, 0.5) is 8.78 Å². The van der Waals surface area contributed by atoms with Gasteiger partial charge in [0.15, 0.2) is 0 Å². The Morgan fingerprint density at radius 1 is 0.971 bits per heavy atom. The van der Waals surface area contributed by atoms with Crippen molar-refractivity contribution in [2.75, 3.05) is 26.2 Å². The van der Waals surface area contributed by atoms with Gasteiger partial charge in [-0.2, -0.15) is 4.31 Å². The first-order chi connectivity index (χ1) is 15.9. The number of benzene rings is 2. The standard InChI is InChI=1S/C24H29F2N3O4S/c1-15(2)22(27-23(30)21-18(25)6-5-7-19(21)26)24(31)28-10-12-29(13-11-28)34(32,33)20-9-8-16(3)14-17(20)4/h5-9,14-15,22H,10-13H2,1-4H3,(H,27,30)/t22-/m0/s1. The van der Waals surface area contributed by atoms with Gasteiger partial charge >= 0.3 is 0 Å². The first-order valence-corrected chi connectivity index (χ1v) is 12.5. The third-order valence-electron chi connectivity index (χ3n) is 5.91. The van der Waals surface area contributed by atoms with Gasteiger partial charge in [0.2, 0.25) is 15.9 Å². The third kappa shape index (κ3) is 5.28. The van der Waals surface area contributed by atoms with E-state index in [1.54, 1.807) is 39.0 Å². The average molecular weight is 494 g/mol. The molecule has 0 unspecified atom stereocenters. The minimum absolute atomic E-state index is 0.0993. The zero-order valence-electron chi connectivity index (χ0n) is 19.6. The van der Waals surface area contributed by atoms with E-state index in [0.717, 1.165) is 23.8 Å². The van der Waals surface area contributed by atoms with E-state index in [0.29, 0.717) is 5.56 Å². The molecule has 1 N–H and O–H groups in total. The van der Waals surface area contributed by atoms with E-state index >= 15 is 0 Å². The van der Waals surface area contributed by atoms with Gasteiger partial charge in [-0.25, -0.2) is 17.2 Å². The van der Waals surface area contributed by atoms with E-state index in [1.165, 1.54) is 9.21 Å². The molecule has 0 saturated carbocycles. The molecule has 1 atom stereocenters. The van der Waals surface area contributed by atoms with Crippen LogP contribution in [0.1, 0.15) is 35.3 Å². The lowest BCUT2D eigenvalue weighted by Crippen LogP contribution is -2.57. The van der Waals surface area contributed by atoms with Crippen molar-refractivity contribution in [3.05, 3.63) is 64.7 Å². The third-order valence-corrected chi connectivity index (χ3v) is 7.97. The Morgan fingerprint density at radius 3 is 2.09 bits per heavy atom. The molecule has 1 fully saturated rings. The monoisotopic (exact) mass is 493 g/mol. The van der Waals surface area contributed by atoms with Crippen LogP contribution in [0, 0.1) is 31.4 Å². The van der Waals surface area contributed by atoms with Crippen molar-refractivity contribution in [3.63, 3.8) is 0 Å². The number of rotatable bonds is 6. The van der Waals surface area contributed by atoms with Crippen molar-refractivity contribution < 1.29 is 26.8 Å². The summed E-state index contributed by atoms with van der Waals surface area (Å²) < 4.78 is 55.5. The fourth-order valence-electron chi connectivity index (χ4n) is 4.02. The number of carbonyl (C=O) groups is 2. The molecule has 2 aromatic carbocycles. The minimum atomic E-state index is -3.72. The van der Waals surface area contributed by atoms with E-state index in [2.05, 4.69) is 5.32 Å². The number of hydrogen-bond donors (Lipinski definition) is 1. The fourth-order valence-corrected chi connectivity index (χ4v) is 5.64. The lowest BCUT2D eigenvalue weighted by Gasteiger charge is -2.36. The maximum absolute atomic E-state index is 14.0. The molecule has 7 nitrogen and oxygen atoms in total. The van der Waals surface area contributed by atoms with Crippen LogP contribution in [0.25, 0.3) is 0 Å². The molecule has 1 saturated heterocycles. The molecular weight excluding hydrogens is 464 g/mol. The summed E-state index contributed by atoms with van der Waals surface area (Å²) in [5.74, 6) is -3.83. The highest BCUT2D eigenvalue weighted by molar-refractivity contribution is 7.89.